The molecule has 6 aromatic rings. The number of aromatic nitrogens is 1. The molecule has 0 fully saturated rings. The van der Waals surface area contributed by atoms with Crippen LogP contribution in [-0.4, -0.2) is 8.07 Å². The lowest BCUT2D eigenvalue weighted by atomic mass is 9.95. The van der Waals surface area contributed by atoms with Crippen LogP contribution >= 0.6 is 0 Å². The molecule has 0 N–H and O–H groups in total. The second kappa shape index (κ2) is 9.38. The van der Waals surface area contributed by atoms with Crippen molar-refractivity contribution in [1.29, 1.82) is 5.26 Å². The van der Waals surface area contributed by atoms with Crippen molar-refractivity contribution in [3.63, 3.8) is 0 Å². The Kier molecular flexibility index (Phi) is 5.97. The molecule has 0 saturated heterocycles. The third-order valence-electron chi connectivity index (χ3n) is 7.68. The molecule has 0 atom stereocenters. The number of hydrogen-bond donors (Lipinski definition) is 0. The van der Waals surface area contributed by atoms with E-state index in [1.807, 2.05) is 18.2 Å². The van der Waals surface area contributed by atoms with Crippen molar-refractivity contribution in [2.75, 3.05) is 0 Å². The Morgan fingerprint density at radius 3 is 2.10 bits per heavy atom. The van der Waals surface area contributed by atoms with E-state index in [0.717, 1.165) is 49.9 Å². The SMILES string of the molecule is Cc1ccc2c(oc3c(-c4ccc(-c5cccc([Si](C)(C)C)c5)cc4)c(C#N)ccc32)c1-c1cccc[n+]1C. The van der Waals surface area contributed by atoms with E-state index in [1.54, 1.807) is 0 Å². The molecule has 0 bridgehead atoms. The van der Waals surface area contributed by atoms with Crippen LogP contribution in [0, 0.1) is 18.3 Å². The molecule has 0 aliphatic rings. The van der Waals surface area contributed by atoms with E-state index in [1.165, 1.54) is 16.3 Å². The molecule has 4 aromatic carbocycles. The lowest BCUT2D eigenvalue weighted by Crippen LogP contribution is -2.37. The lowest BCUT2D eigenvalue weighted by Gasteiger charge is -2.17. The van der Waals surface area contributed by atoms with Gasteiger partial charge in [-0.15, -0.1) is 0 Å². The van der Waals surface area contributed by atoms with E-state index in [9.17, 15) is 5.26 Å². The summed E-state index contributed by atoms with van der Waals surface area (Å²) >= 11 is 0. The van der Waals surface area contributed by atoms with Crippen LogP contribution in [0.15, 0.2) is 102 Å². The molecule has 2 heterocycles. The maximum atomic E-state index is 10.1. The fourth-order valence-corrected chi connectivity index (χ4v) is 6.66. The number of nitriles is 1. The van der Waals surface area contributed by atoms with Crippen molar-refractivity contribution in [2.45, 2.75) is 26.6 Å². The first-order valence-electron chi connectivity index (χ1n) is 13.3. The lowest BCUT2D eigenvalue weighted by molar-refractivity contribution is -0.660. The third kappa shape index (κ3) is 4.26. The number of fused-ring (bicyclic) bond motifs is 3. The Labute approximate surface area is 230 Å². The minimum atomic E-state index is -1.41. The van der Waals surface area contributed by atoms with Gasteiger partial charge in [-0.1, -0.05) is 85.5 Å². The van der Waals surface area contributed by atoms with Gasteiger partial charge in [0.05, 0.1) is 25.3 Å². The summed E-state index contributed by atoms with van der Waals surface area (Å²) in [4.78, 5) is 0. The number of furan rings is 1. The number of rotatable bonds is 4. The first kappa shape index (κ1) is 24.8. The zero-order valence-corrected chi connectivity index (χ0v) is 24.0. The topological polar surface area (TPSA) is 40.8 Å². The van der Waals surface area contributed by atoms with Gasteiger partial charge in [-0.3, -0.25) is 0 Å². The molecule has 0 aliphatic heterocycles. The first-order chi connectivity index (χ1) is 18.8. The highest BCUT2D eigenvalue weighted by atomic mass is 28.3. The number of aryl methyl sites for hydroxylation is 2. The Morgan fingerprint density at radius 1 is 0.718 bits per heavy atom. The van der Waals surface area contributed by atoms with Gasteiger partial charge < -0.3 is 4.42 Å². The molecule has 0 unspecified atom stereocenters. The van der Waals surface area contributed by atoms with Crippen LogP contribution in [0.1, 0.15) is 11.1 Å². The standard InChI is InChI=1S/C35H31N2OSi/c1-23-12-18-29-30-19-17-27(22-36)33(35(30)38-34(29)32(23)31-11-6-7-20-37(31)2)25-15-13-24(14-16-25)26-9-8-10-28(21-26)39(3,4)5/h6-21H,1-5H3/q+1. The quantitative estimate of drug-likeness (QED) is 0.173. The van der Waals surface area contributed by atoms with Crippen LogP contribution in [0.4, 0.5) is 0 Å². The van der Waals surface area contributed by atoms with E-state index < -0.39 is 8.07 Å². The van der Waals surface area contributed by atoms with Crippen molar-refractivity contribution in [3.05, 3.63) is 108 Å². The summed E-state index contributed by atoms with van der Waals surface area (Å²) in [5.74, 6) is 0. The van der Waals surface area contributed by atoms with Gasteiger partial charge in [0.1, 0.15) is 18.2 Å². The first-order valence-corrected chi connectivity index (χ1v) is 16.8. The van der Waals surface area contributed by atoms with E-state index in [0.29, 0.717) is 5.56 Å². The molecular weight excluding hydrogens is 492 g/mol. The normalized spacial score (nSPS) is 11.7. The zero-order chi connectivity index (χ0) is 27.3. The minimum Gasteiger partial charge on any atom is -0.454 e. The van der Waals surface area contributed by atoms with E-state index in [4.69, 9.17) is 4.42 Å². The summed E-state index contributed by atoms with van der Waals surface area (Å²) in [6.45, 7) is 9.23. The predicted octanol–water partition coefficient (Wildman–Crippen LogP) is 8.14. The van der Waals surface area contributed by atoms with Gasteiger partial charge in [0, 0.05) is 28.5 Å². The molecule has 39 heavy (non-hydrogen) atoms. The smallest absolute Gasteiger partial charge is 0.216 e. The number of nitrogens with zero attached hydrogens (tertiary/aromatic N) is 2. The Balaban J connectivity index is 1.54. The molecule has 4 heteroatoms. The zero-order valence-electron chi connectivity index (χ0n) is 23.0. The summed E-state index contributed by atoms with van der Waals surface area (Å²) in [6.07, 6.45) is 2.05. The maximum Gasteiger partial charge on any atom is 0.216 e. The molecule has 0 saturated carbocycles. The van der Waals surface area contributed by atoms with E-state index in [-0.39, 0.29) is 0 Å². The fourth-order valence-electron chi connectivity index (χ4n) is 5.48. The highest BCUT2D eigenvalue weighted by molar-refractivity contribution is 6.88. The van der Waals surface area contributed by atoms with Gasteiger partial charge in [0.25, 0.3) is 0 Å². The summed E-state index contributed by atoms with van der Waals surface area (Å²) in [5.41, 5.74) is 9.74. The van der Waals surface area contributed by atoms with E-state index >= 15 is 0 Å². The molecule has 0 spiro atoms. The van der Waals surface area contributed by atoms with Crippen molar-refractivity contribution >= 4 is 35.2 Å². The van der Waals surface area contributed by atoms with Gasteiger partial charge in [-0.2, -0.15) is 5.26 Å². The highest BCUT2D eigenvalue weighted by Crippen LogP contribution is 2.42. The van der Waals surface area contributed by atoms with Crippen LogP contribution in [0.5, 0.6) is 0 Å². The fraction of sp³-hybridized carbons (Fsp3) is 0.143. The maximum absolute atomic E-state index is 10.1. The Hall–Kier alpha value is -4.46. The second-order valence-corrected chi connectivity index (χ2v) is 16.4. The Morgan fingerprint density at radius 2 is 1.41 bits per heavy atom. The van der Waals surface area contributed by atoms with Crippen molar-refractivity contribution < 1.29 is 8.98 Å². The van der Waals surface area contributed by atoms with E-state index in [2.05, 4.69) is 123 Å². The van der Waals surface area contributed by atoms with Gasteiger partial charge in [0.2, 0.25) is 5.69 Å². The van der Waals surface area contributed by atoms with Crippen molar-refractivity contribution in [2.24, 2.45) is 7.05 Å². The van der Waals surface area contributed by atoms with Crippen molar-refractivity contribution in [3.8, 4) is 39.6 Å². The van der Waals surface area contributed by atoms with Crippen LogP contribution in [-0.2, 0) is 7.05 Å². The van der Waals surface area contributed by atoms with Gasteiger partial charge in [-0.25, -0.2) is 4.57 Å². The molecule has 6 rings (SSSR count). The summed E-state index contributed by atoms with van der Waals surface area (Å²) in [7, 11) is 0.645. The van der Waals surface area contributed by atoms with Crippen LogP contribution in [0.3, 0.4) is 0 Å². The summed E-state index contributed by atoms with van der Waals surface area (Å²) in [6, 6.07) is 34.3. The monoisotopic (exact) mass is 523 g/mol. The molecule has 2 aromatic heterocycles. The predicted molar refractivity (Wildman–Crippen MR) is 164 cm³/mol. The summed E-state index contributed by atoms with van der Waals surface area (Å²) in [5, 5.41) is 13.6. The molecule has 0 aliphatic carbocycles. The highest BCUT2D eigenvalue weighted by Gasteiger charge is 2.23. The van der Waals surface area contributed by atoms with Gasteiger partial charge in [0.15, 0.2) is 6.20 Å². The second-order valence-electron chi connectivity index (χ2n) is 11.3. The van der Waals surface area contributed by atoms with Crippen LogP contribution < -0.4 is 9.75 Å². The average molecular weight is 524 g/mol. The molecule has 3 nitrogen and oxygen atoms in total. The van der Waals surface area contributed by atoms with Crippen molar-refractivity contribution in [1.82, 2.24) is 0 Å². The molecule has 0 amide bonds. The minimum absolute atomic E-state index is 0.610. The summed E-state index contributed by atoms with van der Waals surface area (Å²) < 4.78 is 8.83. The Bertz CT molecular complexity index is 1920. The van der Waals surface area contributed by atoms with Crippen LogP contribution in [0.25, 0.3) is 55.4 Å². The molecule has 190 valence electrons. The number of benzene rings is 4. The third-order valence-corrected chi connectivity index (χ3v) is 9.73. The van der Waals surface area contributed by atoms with Gasteiger partial charge in [-0.05, 0) is 47.4 Å². The number of pyridine rings is 1. The number of hydrogen-bond acceptors (Lipinski definition) is 2. The van der Waals surface area contributed by atoms with Gasteiger partial charge >= 0.3 is 0 Å². The largest absolute Gasteiger partial charge is 0.454 e. The molecular formula is C35H31N2OSi+. The molecule has 0 radical (unpaired) electrons. The van der Waals surface area contributed by atoms with Crippen LogP contribution in [0.2, 0.25) is 19.6 Å². The average Bonchev–Trinajstić information content (AvgIpc) is 3.31.